The van der Waals surface area contributed by atoms with Gasteiger partial charge in [0.25, 0.3) is 0 Å². The van der Waals surface area contributed by atoms with Crippen LogP contribution in [0, 0.1) is 0 Å². The summed E-state index contributed by atoms with van der Waals surface area (Å²) < 4.78 is 0. The highest BCUT2D eigenvalue weighted by Crippen LogP contribution is 2.29. The first-order valence-electron chi connectivity index (χ1n) is 5.82. The number of amidine groups is 1. The van der Waals surface area contributed by atoms with Gasteiger partial charge < -0.3 is 20.9 Å². The zero-order valence-electron chi connectivity index (χ0n) is 10.2. The van der Waals surface area contributed by atoms with E-state index in [2.05, 4.69) is 5.16 Å². The van der Waals surface area contributed by atoms with Gasteiger partial charge in [0.15, 0.2) is 5.84 Å². The first-order valence-corrected chi connectivity index (χ1v) is 6.70. The average molecular weight is 281 g/mol. The van der Waals surface area contributed by atoms with Gasteiger partial charge in [-0.05, 0) is 18.6 Å². The number of likely N-dealkylation sites (tertiary alicyclic amines) is 1. The van der Waals surface area contributed by atoms with Crippen molar-refractivity contribution in [2.24, 2.45) is 10.9 Å². The molecule has 1 heterocycles. The molecule has 6 nitrogen and oxygen atoms in total. The van der Waals surface area contributed by atoms with E-state index in [1.165, 1.54) is 4.90 Å². The third-order valence-electron chi connectivity index (χ3n) is 2.98. The molecule has 0 radical (unpaired) electrons. The Bertz CT molecular complexity index is 489. The van der Waals surface area contributed by atoms with Crippen molar-refractivity contribution in [1.82, 2.24) is 4.90 Å². The molecule has 1 amide bonds. The summed E-state index contributed by atoms with van der Waals surface area (Å²) in [5.74, 6) is 0.0782. The Morgan fingerprint density at radius 1 is 1.42 bits per heavy atom. The molecule has 0 aliphatic carbocycles. The van der Waals surface area contributed by atoms with Gasteiger partial charge in [-0.2, -0.15) is 0 Å². The standard InChI is InChI=1S/C12H15N3O3S/c13-11(14-18)8-1-3-9(4-2-8)19-10-5-6-15(7-10)12(16)17/h1-4,10,18H,5-7H2,(H2,13,14)(H,16,17)/t10-/m0/s1. The van der Waals surface area contributed by atoms with Gasteiger partial charge in [0, 0.05) is 28.8 Å². The summed E-state index contributed by atoms with van der Waals surface area (Å²) in [5, 5.41) is 20.7. The van der Waals surface area contributed by atoms with Gasteiger partial charge in [-0.15, -0.1) is 11.8 Å². The number of nitrogens with zero attached hydrogens (tertiary/aromatic N) is 2. The molecule has 102 valence electrons. The van der Waals surface area contributed by atoms with Crippen LogP contribution in [0.2, 0.25) is 0 Å². The summed E-state index contributed by atoms with van der Waals surface area (Å²) in [7, 11) is 0. The predicted octanol–water partition coefficient (Wildman–Crippen LogP) is 1.63. The quantitative estimate of drug-likeness (QED) is 0.338. The van der Waals surface area contributed by atoms with Gasteiger partial charge in [-0.1, -0.05) is 17.3 Å². The maximum Gasteiger partial charge on any atom is 0.407 e. The maximum atomic E-state index is 10.8. The molecule has 4 N–H and O–H groups in total. The van der Waals surface area contributed by atoms with Gasteiger partial charge in [-0.3, -0.25) is 0 Å². The lowest BCUT2D eigenvalue weighted by atomic mass is 10.2. The van der Waals surface area contributed by atoms with E-state index < -0.39 is 6.09 Å². The molecule has 19 heavy (non-hydrogen) atoms. The molecule has 2 rings (SSSR count). The van der Waals surface area contributed by atoms with Crippen molar-refractivity contribution >= 4 is 23.7 Å². The van der Waals surface area contributed by atoms with Crippen molar-refractivity contribution in [1.29, 1.82) is 0 Å². The number of thioether (sulfide) groups is 1. The highest BCUT2D eigenvalue weighted by Gasteiger charge is 2.26. The summed E-state index contributed by atoms with van der Waals surface area (Å²) in [5.41, 5.74) is 6.14. The van der Waals surface area contributed by atoms with E-state index in [0.29, 0.717) is 18.7 Å². The lowest BCUT2D eigenvalue weighted by Gasteiger charge is -2.12. The van der Waals surface area contributed by atoms with E-state index in [9.17, 15) is 4.79 Å². The summed E-state index contributed by atoms with van der Waals surface area (Å²) in [6.45, 7) is 1.15. The number of carboxylic acid groups (broad SMARTS) is 1. The molecule has 0 saturated carbocycles. The Kier molecular flexibility index (Phi) is 4.16. The number of oxime groups is 1. The lowest BCUT2D eigenvalue weighted by molar-refractivity contribution is 0.156. The molecule has 1 atom stereocenters. The summed E-state index contributed by atoms with van der Waals surface area (Å²) in [6.07, 6.45) is 0.00394. The highest BCUT2D eigenvalue weighted by molar-refractivity contribution is 8.00. The van der Waals surface area contributed by atoms with Crippen molar-refractivity contribution in [2.75, 3.05) is 13.1 Å². The molecule has 1 saturated heterocycles. The monoisotopic (exact) mass is 281 g/mol. The number of carbonyl (C=O) groups is 1. The minimum absolute atomic E-state index is 0.0782. The largest absolute Gasteiger partial charge is 0.465 e. The van der Waals surface area contributed by atoms with E-state index in [4.69, 9.17) is 16.0 Å². The molecule has 1 fully saturated rings. The fourth-order valence-electron chi connectivity index (χ4n) is 1.95. The molecule has 1 aromatic rings. The van der Waals surface area contributed by atoms with Crippen LogP contribution < -0.4 is 5.73 Å². The molecule has 0 unspecified atom stereocenters. The second-order valence-electron chi connectivity index (χ2n) is 4.27. The van der Waals surface area contributed by atoms with Crippen LogP contribution in [0.4, 0.5) is 4.79 Å². The first-order chi connectivity index (χ1) is 9.10. The van der Waals surface area contributed by atoms with Crippen LogP contribution in [-0.4, -0.2) is 45.5 Å². The molecular weight excluding hydrogens is 266 g/mol. The predicted molar refractivity (Wildman–Crippen MR) is 72.8 cm³/mol. The van der Waals surface area contributed by atoms with Crippen LogP contribution >= 0.6 is 11.8 Å². The second kappa shape index (κ2) is 5.83. The van der Waals surface area contributed by atoms with E-state index in [0.717, 1.165) is 11.3 Å². The highest BCUT2D eigenvalue weighted by atomic mass is 32.2. The minimum Gasteiger partial charge on any atom is -0.465 e. The van der Waals surface area contributed by atoms with Crippen molar-refractivity contribution in [2.45, 2.75) is 16.6 Å². The fourth-order valence-corrected chi connectivity index (χ4v) is 3.11. The molecular formula is C12H15N3O3S. The van der Waals surface area contributed by atoms with Gasteiger partial charge >= 0.3 is 6.09 Å². The van der Waals surface area contributed by atoms with Crippen LogP contribution in [0.15, 0.2) is 34.3 Å². The first kappa shape index (κ1) is 13.5. The van der Waals surface area contributed by atoms with Crippen LogP contribution in [0.3, 0.4) is 0 Å². The number of amides is 1. The number of hydrogen-bond donors (Lipinski definition) is 3. The fraction of sp³-hybridized carbons (Fsp3) is 0.333. The summed E-state index contributed by atoms with van der Waals surface area (Å²) in [6, 6.07) is 7.34. The van der Waals surface area contributed by atoms with E-state index in [1.54, 1.807) is 23.9 Å². The minimum atomic E-state index is -0.856. The van der Waals surface area contributed by atoms with E-state index in [-0.39, 0.29) is 11.1 Å². The topological polar surface area (TPSA) is 99.2 Å². The molecule has 0 spiro atoms. The Morgan fingerprint density at radius 2 is 2.11 bits per heavy atom. The van der Waals surface area contributed by atoms with Crippen molar-refractivity contribution in [3.63, 3.8) is 0 Å². The van der Waals surface area contributed by atoms with E-state index >= 15 is 0 Å². The van der Waals surface area contributed by atoms with E-state index in [1.807, 2.05) is 12.1 Å². The number of hydrogen-bond acceptors (Lipinski definition) is 4. The Morgan fingerprint density at radius 3 is 2.63 bits per heavy atom. The number of rotatable bonds is 3. The molecule has 0 aromatic heterocycles. The van der Waals surface area contributed by atoms with Gasteiger partial charge in [-0.25, -0.2) is 4.79 Å². The average Bonchev–Trinajstić information content (AvgIpc) is 2.87. The SMILES string of the molecule is NC(=NO)c1ccc(S[C@H]2CCN(C(=O)O)C2)cc1. The zero-order valence-corrected chi connectivity index (χ0v) is 11.0. The summed E-state index contributed by atoms with van der Waals surface area (Å²) >= 11 is 1.65. The Hall–Kier alpha value is -1.89. The lowest BCUT2D eigenvalue weighted by Crippen LogP contribution is -2.26. The molecule has 1 aliphatic heterocycles. The second-order valence-corrected chi connectivity index (χ2v) is 5.64. The van der Waals surface area contributed by atoms with Gasteiger partial charge in [0.2, 0.25) is 0 Å². The number of nitrogens with two attached hydrogens (primary N) is 1. The Balaban J connectivity index is 1.95. The summed E-state index contributed by atoms with van der Waals surface area (Å²) in [4.78, 5) is 13.3. The maximum absolute atomic E-state index is 10.8. The smallest absolute Gasteiger partial charge is 0.407 e. The third-order valence-corrected chi connectivity index (χ3v) is 4.24. The molecule has 0 bridgehead atoms. The van der Waals surface area contributed by atoms with Gasteiger partial charge in [0.05, 0.1) is 0 Å². The van der Waals surface area contributed by atoms with Crippen molar-refractivity contribution in [3.8, 4) is 0 Å². The van der Waals surface area contributed by atoms with Crippen molar-refractivity contribution < 1.29 is 15.1 Å². The van der Waals surface area contributed by atoms with Gasteiger partial charge in [0.1, 0.15) is 0 Å². The van der Waals surface area contributed by atoms with Crippen LogP contribution in [0.5, 0.6) is 0 Å². The molecule has 1 aromatic carbocycles. The van der Waals surface area contributed by atoms with Crippen molar-refractivity contribution in [3.05, 3.63) is 29.8 Å². The molecule has 1 aliphatic rings. The van der Waals surface area contributed by atoms with Crippen LogP contribution in [0.1, 0.15) is 12.0 Å². The zero-order chi connectivity index (χ0) is 13.8. The van der Waals surface area contributed by atoms with Crippen LogP contribution in [-0.2, 0) is 0 Å². The third kappa shape index (κ3) is 3.31. The number of benzene rings is 1. The normalized spacial score (nSPS) is 19.7. The van der Waals surface area contributed by atoms with Crippen LogP contribution in [0.25, 0.3) is 0 Å². The Labute approximate surface area is 114 Å². The molecule has 7 heteroatoms.